The Kier molecular flexibility index (Phi) is 20.5. The number of methoxy groups -OCH3 is 9. The lowest BCUT2D eigenvalue weighted by atomic mass is 9.70. The summed E-state index contributed by atoms with van der Waals surface area (Å²) in [6, 6.07) is 0. The Labute approximate surface area is 411 Å². The molecule has 21 heteroatoms. The monoisotopic (exact) mass is 990 g/mol. The van der Waals surface area contributed by atoms with E-state index in [-0.39, 0.29) is 100 Å². The topological polar surface area (TPSA) is 272 Å². The molecule has 0 aromatic carbocycles. The van der Waals surface area contributed by atoms with Crippen LogP contribution in [-0.2, 0) is 93.8 Å². The number of hydrogen-bond acceptors (Lipinski definition) is 20. The summed E-state index contributed by atoms with van der Waals surface area (Å²) >= 11 is 0. The van der Waals surface area contributed by atoms with Gasteiger partial charge in [0.1, 0.15) is 0 Å². The molecule has 0 unspecified atom stereocenters. The molecule has 1 aromatic rings. The Morgan fingerprint density at radius 1 is 0.507 bits per heavy atom. The SMILES string of the molecule is COC(=O)CCC1=C(CC(=O)OC)/C(=C/c2[nH]c(/C=C3\N=C(C)[C@@](C)(CC(=O)OC)[C@@H]3CCC(=O)OC)c(CC(=O)OC)c2CCC(=O)OC)N=C1/C=C1\N=C(OC)C(CC(=O)OC)=C1CCC(=O)OC. The summed E-state index contributed by atoms with van der Waals surface area (Å²) in [6.07, 6.45) is 3.99. The van der Waals surface area contributed by atoms with Gasteiger partial charge in [-0.2, -0.15) is 0 Å². The van der Waals surface area contributed by atoms with Crippen LogP contribution in [0.15, 0.2) is 60.4 Å². The number of H-pyrrole nitrogens is 1. The fourth-order valence-electron chi connectivity index (χ4n) is 8.54. The molecule has 0 fully saturated rings. The van der Waals surface area contributed by atoms with Gasteiger partial charge in [0, 0.05) is 65.4 Å². The smallest absolute Gasteiger partial charge is 0.310 e. The number of esters is 8. The first-order valence-corrected chi connectivity index (χ1v) is 22.5. The van der Waals surface area contributed by atoms with Crippen molar-refractivity contribution in [3.05, 3.63) is 68.0 Å². The summed E-state index contributed by atoms with van der Waals surface area (Å²) < 4.78 is 45.7. The van der Waals surface area contributed by atoms with Crippen molar-refractivity contribution in [2.75, 3.05) is 64.0 Å². The lowest BCUT2D eigenvalue weighted by Crippen LogP contribution is -2.34. The summed E-state index contributed by atoms with van der Waals surface area (Å²) in [7, 11) is 11.3. The molecule has 0 amide bonds. The van der Waals surface area contributed by atoms with Gasteiger partial charge in [-0.05, 0) is 78.7 Å². The van der Waals surface area contributed by atoms with E-state index in [1.165, 1.54) is 64.0 Å². The summed E-state index contributed by atoms with van der Waals surface area (Å²) in [4.78, 5) is 120. The molecular formula is C50H62N4O17. The number of aromatic nitrogens is 1. The molecule has 1 aromatic heterocycles. The van der Waals surface area contributed by atoms with Crippen molar-refractivity contribution >= 4 is 77.2 Å². The number of nitrogens with zero attached hydrogens (tertiary/aromatic N) is 3. The Balaban J connectivity index is 2.12. The Morgan fingerprint density at radius 2 is 0.986 bits per heavy atom. The third-order valence-electron chi connectivity index (χ3n) is 12.6. The molecule has 1 N–H and O–H groups in total. The van der Waals surface area contributed by atoms with E-state index >= 15 is 0 Å². The van der Waals surface area contributed by atoms with Gasteiger partial charge in [0.15, 0.2) is 0 Å². The molecule has 4 rings (SSSR count). The number of nitrogens with one attached hydrogen (secondary N) is 1. The van der Waals surface area contributed by atoms with Crippen molar-refractivity contribution in [1.29, 1.82) is 0 Å². The molecule has 0 radical (unpaired) electrons. The van der Waals surface area contributed by atoms with Gasteiger partial charge in [0.05, 0.1) is 107 Å². The quantitative estimate of drug-likeness (QED) is 0.110. The third kappa shape index (κ3) is 14.1. The van der Waals surface area contributed by atoms with E-state index < -0.39 is 59.1 Å². The normalized spacial score (nSPS) is 19.1. The highest BCUT2D eigenvalue weighted by molar-refractivity contribution is 6.15. The van der Waals surface area contributed by atoms with Crippen LogP contribution in [0.3, 0.4) is 0 Å². The van der Waals surface area contributed by atoms with Crippen molar-refractivity contribution in [2.45, 2.75) is 90.9 Å². The van der Waals surface area contributed by atoms with Crippen LogP contribution in [0.4, 0.5) is 0 Å². The van der Waals surface area contributed by atoms with Crippen molar-refractivity contribution in [1.82, 2.24) is 4.98 Å². The number of aliphatic imine (C=N–C) groups is 3. The second kappa shape index (κ2) is 26.0. The van der Waals surface area contributed by atoms with Crippen LogP contribution >= 0.6 is 0 Å². The highest BCUT2D eigenvalue weighted by atomic mass is 16.5. The van der Waals surface area contributed by atoms with Crippen LogP contribution in [0, 0.1) is 11.3 Å². The number of allylic oxidation sites excluding steroid dienone is 5. The maximum Gasteiger partial charge on any atom is 0.310 e. The van der Waals surface area contributed by atoms with Gasteiger partial charge in [0.2, 0.25) is 5.90 Å². The van der Waals surface area contributed by atoms with Crippen LogP contribution in [0.1, 0.15) is 101 Å². The van der Waals surface area contributed by atoms with Crippen LogP contribution in [0.5, 0.6) is 0 Å². The van der Waals surface area contributed by atoms with Gasteiger partial charge in [-0.1, -0.05) is 6.92 Å². The fourth-order valence-corrected chi connectivity index (χ4v) is 8.54. The minimum Gasteiger partial charge on any atom is -0.481 e. The Bertz CT molecular complexity index is 2550. The molecule has 71 heavy (non-hydrogen) atoms. The van der Waals surface area contributed by atoms with E-state index in [0.717, 1.165) is 0 Å². The standard InChI is InChI=1S/C50H62N4O17/c1-27-50(2,26-48(62)70-10)34(15-19-44(58)66-6)40(51-27)25-39-32(21-46(60)68-8)29(13-17-42(56)64-4)36(53-39)24-38-31(20-45(59)67-7)28(12-16-41(55)63-3)35(52-38)23-37-30(14-18-43(57)65-5)33(22-47(61)69-9)49(54-37)71-11/h23-25,34,53H,12-22,26H2,1-11H3/b37-23-,38-24-,40-25-/t34-,50-/m1/s1. The summed E-state index contributed by atoms with van der Waals surface area (Å²) in [5.41, 5.74) is 4.12. The maximum absolute atomic E-state index is 13.3. The average molecular weight is 991 g/mol. The second-order valence-corrected chi connectivity index (χ2v) is 16.6. The van der Waals surface area contributed by atoms with E-state index in [9.17, 15) is 38.4 Å². The van der Waals surface area contributed by atoms with Gasteiger partial charge in [0.25, 0.3) is 0 Å². The van der Waals surface area contributed by atoms with E-state index in [1.54, 1.807) is 25.2 Å². The first-order chi connectivity index (χ1) is 33.8. The predicted octanol–water partition coefficient (Wildman–Crippen LogP) is 5.15. The molecule has 21 nitrogen and oxygen atoms in total. The zero-order valence-corrected chi connectivity index (χ0v) is 42.1. The van der Waals surface area contributed by atoms with Gasteiger partial charge in [-0.15, -0.1) is 0 Å². The Hall–Kier alpha value is -7.45. The zero-order chi connectivity index (χ0) is 52.6. The molecule has 3 aliphatic heterocycles. The molecule has 4 heterocycles. The molecule has 3 aliphatic rings. The number of carbonyl (C=O) groups excluding carboxylic acids is 8. The molecule has 0 aliphatic carbocycles. The van der Waals surface area contributed by atoms with Crippen molar-refractivity contribution < 1.29 is 81.0 Å². The number of ether oxygens (including phenoxy) is 9. The number of aromatic amines is 1. The largest absolute Gasteiger partial charge is 0.481 e. The minimum absolute atomic E-state index is 0.00307. The van der Waals surface area contributed by atoms with Gasteiger partial charge in [-0.3, -0.25) is 43.3 Å². The Morgan fingerprint density at radius 3 is 1.54 bits per heavy atom. The minimum atomic E-state index is -0.889. The zero-order valence-electron chi connectivity index (χ0n) is 42.1. The lowest BCUT2D eigenvalue weighted by molar-refractivity contribution is -0.143. The van der Waals surface area contributed by atoms with Gasteiger partial charge in [-0.25, -0.2) is 9.98 Å². The van der Waals surface area contributed by atoms with E-state index in [1.807, 2.05) is 6.92 Å². The molecule has 2 atom stereocenters. The average Bonchev–Trinajstić information content (AvgIpc) is 4.04. The van der Waals surface area contributed by atoms with Crippen molar-refractivity contribution in [3.63, 3.8) is 0 Å². The number of hydrogen-bond donors (Lipinski definition) is 1. The lowest BCUT2D eigenvalue weighted by Gasteiger charge is -2.31. The molecule has 0 saturated heterocycles. The number of rotatable bonds is 23. The molecule has 0 spiro atoms. The number of carbonyl (C=O) groups is 8. The summed E-state index contributed by atoms with van der Waals surface area (Å²) in [5.74, 6) is -4.89. The molecular weight excluding hydrogens is 929 g/mol. The highest BCUT2D eigenvalue weighted by Crippen LogP contribution is 2.48. The second-order valence-electron chi connectivity index (χ2n) is 16.6. The molecule has 0 bridgehead atoms. The van der Waals surface area contributed by atoms with Gasteiger partial charge < -0.3 is 47.6 Å². The first-order valence-electron chi connectivity index (χ1n) is 22.5. The van der Waals surface area contributed by atoms with Gasteiger partial charge >= 0.3 is 47.8 Å². The predicted molar refractivity (Wildman–Crippen MR) is 255 cm³/mol. The molecule has 384 valence electrons. The van der Waals surface area contributed by atoms with E-state index in [4.69, 9.17) is 52.6 Å². The maximum atomic E-state index is 13.3. The summed E-state index contributed by atoms with van der Waals surface area (Å²) in [6.45, 7) is 3.63. The van der Waals surface area contributed by atoms with Crippen molar-refractivity contribution in [3.8, 4) is 0 Å². The third-order valence-corrected chi connectivity index (χ3v) is 12.6. The molecule has 0 saturated carbocycles. The fraction of sp³-hybridized carbons (Fsp3) is 0.500. The van der Waals surface area contributed by atoms with Crippen molar-refractivity contribution in [2.24, 2.45) is 26.3 Å². The highest BCUT2D eigenvalue weighted by Gasteiger charge is 2.46. The van der Waals surface area contributed by atoms with Crippen LogP contribution in [-0.4, -0.2) is 134 Å². The van der Waals surface area contributed by atoms with E-state index in [2.05, 4.69) is 9.98 Å². The first kappa shape index (κ1) is 56.1. The van der Waals surface area contributed by atoms with E-state index in [0.29, 0.717) is 56.2 Å². The summed E-state index contributed by atoms with van der Waals surface area (Å²) in [5, 5.41) is 0. The van der Waals surface area contributed by atoms with Crippen LogP contribution in [0.2, 0.25) is 0 Å². The van der Waals surface area contributed by atoms with Crippen LogP contribution < -0.4 is 0 Å². The van der Waals surface area contributed by atoms with Crippen LogP contribution in [0.25, 0.3) is 12.2 Å².